The minimum absolute atomic E-state index is 0.132. The van der Waals surface area contributed by atoms with Gasteiger partial charge in [-0.2, -0.15) is 5.10 Å². The lowest BCUT2D eigenvalue weighted by Gasteiger charge is -2.22. The lowest BCUT2D eigenvalue weighted by molar-refractivity contribution is -0.121. The van der Waals surface area contributed by atoms with Gasteiger partial charge in [-0.25, -0.2) is 0 Å². The van der Waals surface area contributed by atoms with Crippen LogP contribution in [0.1, 0.15) is 49.9 Å². The molecule has 1 fully saturated rings. The molecule has 21 heavy (non-hydrogen) atoms. The molecule has 2 N–H and O–H groups in total. The molecule has 5 heteroatoms. The fourth-order valence-electron chi connectivity index (χ4n) is 2.98. The topological polar surface area (TPSA) is 59.0 Å². The molecule has 0 atom stereocenters. The maximum absolute atomic E-state index is 11.8. The number of nitrogens with zero attached hydrogens (tertiary/aromatic N) is 2. The van der Waals surface area contributed by atoms with Crippen molar-refractivity contribution in [3.05, 3.63) is 17.5 Å². The van der Waals surface area contributed by atoms with E-state index in [2.05, 4.69) is 28.7 Å². The number of nitrogens with one attached hydrogen (secondary N) is 2. The van der Waals surface area contributed by atoms with Crippen LogP contribution in [-0.2, 0) is 11.3 Å². The van der Waals surface area contributed by atoms with E-state index in [0.717, 1.165) is 38.0 Å². The van der Waals surface area contributed by atoms with Gasteiger partial charge in [-0.15, -0.1) is 0 Å². The van der Waals surface area contributed by atoms with Crippen LogP contribution in [0.4, 0.5) is 0 Å². The highest BCUT2D eigenvalue weighted by Crippen LogP contribution is 2.17. The van der Waals surface area contributed by atoms with Crippen LogP contribution in [0.25, 0.3) is 0 Å². The van der Waals surface area contributed by atoms with Gasteiger partial charge in [0.05, 0.1) is 12.2 Å². The molecule has 1 aliphatic carbocycles. The zero-order valence-electron chi connectivity index (χ0n) is 13.3. The van der Waals surface area contributed by atoms with Gasteiger partial charge < -0.3 is 10.6 Å². The Labute approximate surface area is 127 Å². The average Bonchev–Trinajstić information content (AvgIpc) is 2.78. The second-order valence-electron chi connectivity index (χ2n) is 6.08. The summed E-state index contributed by atoms with van der Waals surface area (Å²) < 4.78 is 2.03. The van der Waals surface area contributed by atoms with E-state index < -0.39 is 0 Å². The number of carbonyl (C=O) groups is 1. The highest BCUT2D eigenvalue weighted by molar-refractivity contribution is 5.78. The van der Waals surface area contributed by atoms with Gasteiger partial charge in [0, 0.05) is 18.3 Å². The monoisotopic (exact) mass is 292 g/mol. The molecule has 0 spiro atoms. The summed E-state index contributed by atoms with van der Waals surface area (Å²) in [6, 6.07) is 2.49. The maximum atomic E-state index is 11.8. The van der Waals surface area contributed by atoms with Crippen molar-refractivity contribution >= 4 is 5.91 Å². The van der Waals surface area contributed by atoms with Crippen LogP contribution >= 0.6 is 0 Å². The predicted molar refractivity (Wildman–Crippen MR) is 84.2 cm³/mol. The fraction of sp³-hybridized carbons (Fsp3) is 0.750. The molecule has 0 bridgehead atoms. The third kappa shape index (κ3) is 5.50. The standard InChI is InChI=1S/C16H28N4O/c1-13-11-14(2)20(19-13)10-6-9-17-12-16(21)18-15-7-4-3-5-8-15/h11,15,17H,3-10,12H2,1-2H3,(H,18,21). The van der Waals surface area contributed by atoms with Crippen LogP contribution in [0.3, 0.4) is 0 Å². The fourth-order valence-corrected chi connectivity index (χ4v) is 2.98. The number of hydrogen-bond acceptors (Lipinski definition) is 3. The van der Waals surface area contributed by atoms with Crippen LogP contribution in [0.5, 0.6) is 0 Å². The van der Waals surface area contributed by atoms with Gasteiger partial charge >= 0.3 is 0 Å². The Morgan fingerprint density at radius 3 is 2.76 bits per heavy atom. The average molecular weight is 292 g/mol. The normalized spacial score (nSPS) is 16.1. The Bertz CT molecular complexity index is 449. The van der Waals surface area contributed by atoms with Crippen molar-refractivity contribution in [2.75, 3.05) is 13.1 Å². The molecule has 118 valence electrons. The van der Waals surface area contributed by atoms with Crippen LogP contribution in [0.2, 0.25) is 0 Å². The molecule has 0 unspecified atom stereocenters. The van der Waals surface area contributed by atoms with Gasteiger partial charge in [-0.3, -0.25) is 9.48 Å². The molecule has 1 aromatic rings. The quantitative estimate of drug-likeness (QED) is 0.755. The third-order valence-corrected chi connectivity index (χ3v) is 4.08. The molecular formula is C16H28N4O. The second-order valence-corrected chi connectivity index (χ2v) is 6.08. The Kier molecular flexibility index (Phi) is 6.23. The van der Waals surface area contributed by atoms with Crippen molar-refractivity contribution in [3.63, 3.8) is 0 Å². The van der Waals surface area contributed by atoms with Crippen LogP contribution in [-0.4, -0.2) is 34.8 Å². The van der Waals surface area contributed by atoms with E-state index in [1.54, 1.807) is 0 Å². The molecule has 5 nitrogen and oxygen atoms in total. The van der Waals surface area contributed by atoms with Crippen molar-refractivity contribution in [1.29, 1.82) is 0 Å². The van der Waals surface area contributed by atoms with Gasteiger partial charge in [-0.1, -0.05) is 19.3 Å². The highest BCUT2D eigenvalue weighted by atomic mass is 16.1. The largest absolute Gasteiger partial charge is 0.352 e. The first-order valence-corrected chi connectivity index (χ1v) is 8.16. The summed E-state index contributed by atoms with van der Waals surface area (Å²) in [5.41, 5.74) is 2.26. The Morgan fingerprint density at radius 1 is 1.33 bits per heavy atom. The van der Waals surface area contributed by atoms with E-state index in [1.807, 2.05) is 11.6 Å². The first-order valence-electron chi connectivity index (χ1n) is 8.16. The molecule has 1 aromatic heterocycles. The van der Waals surface area contributed by atoms with Crippen LogP contribution in [0.15, 0.2) is 6.07 Å². The van der Waals surface area contributed by atoms with E-state index in [1.165, 1.54) is 25.0 Å². The lowest BCUT2D eigenvalue weighted by Crippen LogP contribution is -2.41. The zero-order chi connectivity index (χ0) is 15.1. The van der Waals surface area contributed by atoms with Crippen molar-refractivity contribution < 1.29 is 4.79 Å². The van der Waals surface area contributed by atoms with E-state index in [4.69, 9.17) is 0 Å². The Morgan fingerprint density at radius 2 is 2.10 bits per heavy atom. The minimum atomic E-state index is 0.132. The molecule has 2 rings (SSSR count). The highest BCUT2D eigenvalue weighted by Gasteiger charge is 2.14. The van der Waals surface area contributed by atoms with Gasteiger partial charge in [-0.05, 0) is 45.7 Å². The maximum Gasteiger partial charge on any atom is 0.234 e. The van der Waals surface area contributed by atoms with Gasteiger partial charge in [0.25, 0.3) is 0 Å². The molecule has 1 aliphatic rings. The number of aryl methyl sites for hydroxylation is 3. The summed E-state index contributed by atoms with van der Waals surface area (Å²) in [6.45, 7) is 6.25. The van der Waals surface area contributed by atoms with Crippen LogP contribution < -0.4 is 10.6 Å². The van der Waals surface area contributed by atoms with Crippen molar-refractivity contribution in [1.82, 2.24) is 20.4 Å². The van der Waals surface area contributed by atoms with Crippen molar-refractivity contribution in [3.8, 4) is 0 Å². The van der Waals surface area contributed by atoms with E-state index >= 15 is 0 Å². The smallest absolute Gasteiger partial charge is 0.234 e. The minimum Gasteiger partial charge on any atom is -0.352 e. The molecule has 0 aromatic carbocycles. The summed E-state index contributed by atoms with van der Waals surface area (Å²) in [4.78, 5) is 11.8. The summed E-state index contributed by atoms with van der Waals surface area (Å²) in [6.07, 6.45) is 7.09. The number of amides is 1. The number of aromatic nitrogens is 2. The van der Waals surface area contributed by atoms with Gasteiger partial charge in [0.15, 0.2) is 0 Å². The number of rotatable bonds is 7. The van der Waals surface area contributed by atoms with Crippen LogP contribution in [0, 0.1) is 13.8 Å². The van der Waals surface area contributed by atoms with Gasteiger partial charge in [0.2, 0.25) is 5.91 Å². The SMILES string of the molecule is Cc1cc(C)n(CCCNCC(=O)NC2CCCCC2)n1. The number of carbonyl (C=O) groups excluding carboxylic acids is 1. The molecule has 1 amide bonds. The summed E-state index contributed by atoms with van der Waals surface area (Å²) in [5, 5.41) is 10.8. The summed E-state index contributed by atoms with van der Waals surface area (Å²) in [5.74, 6) is 0.132. The molecule has 0 radical (unpaired) electrons. The van der Waals surface area contributed by atoms with E-state index in [-0.39, 0.29) is 5.91 Å². The zero-order valence-corrected chi connectivity index (χ0v) is 13.3. The molecule has 1 saturated carbocycles. The van der Waals surface area contributed by atoms with Crippen molar-refractivity contribution in [2.45, 2.75) is 65.0 Å². The molecular weight excluding hydrogens is 264 g/mol. The number of hydrogen-bond donors (Lipinski definition) is 2. The van der Waals surface area contributed by atoms with Crippen molar-refractivity contribution in [2.24, 2.45) is 0 Å². The third-order valence-electron chi connectivity index (χ3n) is 4.08. The first kappa shape index (κ1) is 16.0. The van der Waals surface area contributed by atoms with E-state index in [0.29, 0.717) is 12.6 Å². The molecule has 0 saturated heterocycles. The van der Waals surface area contributed by atoms with E-state index in [9.17, 15) is 4.79 Å². The Balaban J connectivity index is 1.54. The molecule has 1 heterocycles. The Hall–Kier alpha value is -1.36. The molecule has 0 aliphatic heterocycles. The predicted octanol–water partition coefficient (Wildman–Crippen LogP) is 1.93. The lowest BCUT2D eigenvalue weighted by atomic mass is 9.95. The van der Waals surface area contributed by atoms with Gasteiger partial charge in [0.1, 0.15) is 0 Å². The summed E-state index contributed by atoms with van der Waals surface area (Å²) >= 11 is 0. The second kappa shape index (κ2) is 8.17. The summed E-state index contributed by atoms with van der Waals surface area (Å²) in [7, 11) is 0. The first-order chi connectivity index (χ1) is 10.1.